The third-order valence-corrected chi connectivity index (χ3v) is 6.98. The van der Waals surface area contributed by atoms with Crippen LogP contribution in [0.4, 0.5) is 18.9 Å². The van der Waals surface area contributed by atoms with E-state index in [2.05, 4.69) is 14.9 Å². The molecule has 1 aromatic heterocycles. The summed E-state index contributed by atoms with van der Waals surface area (Å²) in [5, 5.41) is -0.0561. The molecule has 0 radical (unpaired) electrons. The zero-order chi connectivity index (χ0) is 25.2. The molecular formula is C25H24ClF3N4OS. The molecule has 2 aromatic carbocycles. The molecule has 0 aliphatic carbocycles. The topological polar surface area (TPSA) is 49.3 Å². The Morgan fingerprint density at radius 2 is 1.71 bits per heavy atom. The van der Waals surface area contributed by atoms with Gasteiger partial charge in [0.1, 0.15) is 5.69 Å². The van der Waals surface area contributed by atoms with E-state index in [0.717, 1.165) is 29.1 Å². The standard InChI is InChI=1S/C25H24ClF3N4OS/c1-16-8-9-19(26)14-21(16)32-10-12-33(13-11-32)23(34)17(2)35-24-30-20(18-6-4-3-5-7-18)15-22(31-24)25(27,28)29/h3-9,14-15,17H,10-13H2,1-2H3/t17-/m0/s1. The van der Waals surface area contributed by atoms with Gasteiger partial charge in [0.2, 0.25) is 5.91 Å². The van der Waals surface area contributed by atoms with Gasteiger partial charge in [-0.05, 0) is 37.6 Å². The normalized spacial score (nSPS) is 15.3. The molecule has 0 unspecified atom stereocenters. The van der Waals surface area contributed by atoms with Gasteiger partial charge in [0, 0.05) is 42.5 Å². The number of piperazine rings is 1. The van der Waals surface area contributed by atoms with Crippen LogP contribution in [-0.2, 0) is 11.0 Å². The van der Waals surface area contributed by atoms with Gasteiger partial charge in [-0.1, -0.05) is 59.8 Å². The number of carbonyl (C=O) groups is 1. The molecule has 35 heavy (non-hydrogen) atoms. The highest BCUT2D eigenvalue weighted by molar-refractivity contribution is 8.00. The van der Waals surface area contributed by atoms with Crippen molar-refractivity contribution in [1.82, 2.24) is 14.9 Å². The predicted octanol–water partition coefficient (Wildman–Crippen LogP) is 5.95. The Bertz CT molecular complexity index is 1200. The number of aromatic nitrogens is 2. The van der Waals surface area contributed by atoms with Crippen LogP contribution in [0.3, 0.4) is 0 Å². The van der Waals surface area contributed by atoms with E-state index in [-0.39, 0.29) is 16.8 Å². The van der Waals surface area contributed by atoms with Gasteiger partial charge in [-0.3, -0.25) is 4.79 Å². The number of anilines is 1. The molecule has 5 nitrogen and oxygen atoms in total. The minimum atomic E-state index is -4.62. The lowest BCUT2D eigenvalue weighted by Gasteiger charge is -2.37. The summed E-state index contributed by atoms with van der Waals surface area (Å²) in [5.74, 6) is -0.153. The third kappa shape index (κ3) is 6.08. The molecule has 0 N–H and O–H groups in total. The van der Waals surface area contributed by atoms with E-state index in [1.807, 2.05) is 25.1 Å². The second kappa shape index (κ2) is 10.5. The molecule has 1 fully saturated rings. The van der Waals surface area contributed by atoms with E-state index in [0.29, 0.717) is 36.8 Å². The summed E-state index contributed by atoms with van der Waals surface area (Å²) >= 11 is 7.09. The SMILES string of the molecule is Cc1ccc(Cl)cc1N1CCN(C(=O)[C@H](C)Sc2nc(-c3ccccc3)cc(C(F)(F)F)n2)CC1. The molecule has 184 valence electrons. The lowest BCUT2D eigenvalue weighted by molar-refractivity contribution is -0.141. The predicted molar refractivity (Wildman–Crippen MR) is 133 cm³/mol. The maximum absolute atomic E-state index is 13.5. The summed E-state index contributed by atoms with van der Waals surface area (Å²) in [6.45, 7) is 5.99. The highest BCUT2D eigenvalue weighted by Gasteiger charge is 2.34. The highest BCUT2D eigenvalue weighted by atomic mass is 35.5. The van der Waals surface area contributed by atoms with Crippen LogP contribution in [0.1, 0.15) is 18.2 Å². The van der Waals surface area contributed by atoms with Crippen LogP contribution >= 0.6 is 23.4 Å². The van der Waals surface area contributed by atoms with Crippen molar-refractivity contribution in [1.29, 1.82) is 0 Å². The first-order chi connectivity index (χ1) is 16.6. The van der Waals surface area contributed by atoms with Crippen LogP contribution in [0.2, 0.25) is 5.02 Å². The smallest absolute Gasteiger partial charge is 0.368 e. The van der Waals surface area contributed by atoms with Crippen molar-refractivity contribution in [2.75, 3.05) is 31.1 Å². The van der Waals surface area contributed by atoms with E-state index in [4.69, 9.17) is 11.6 Å². The van der Waals surface area contributed by atoms with Gasteiger partial charge in [0.25, 0.3) is 0 Å². The number of rotatable bonds is 5. The molecule has 0 saturated carbocycles. The summed E-state index contributed by atoms with van der Waals surface area (Å²) in [6, 6.07) is 15.3. The molecule has 2 heterocycles. The van der Waals surface area contributed by atoms with Crippen LogP contribution in [0.15, 0.2) is 59.8 Å². The van der Waals surface area contributed by atoms with Crippen LogP contribution in [0.5, 0.6) is 0 Å². The summed E-state index contributed by atoms with van der Waals surface area (Å²) in [4.78, 5) is 25.0. The monoisotopic (exact) mass is 520 g/mol. The molecule has 10 heteroatoms. The molecule has 1 aliphatic heterocycles. The number of carbonyl (C=O) groups excluding carboxylic acids is 1. The average Bonchev–Trinajstić information content (AvgIpc) is 2.85. The number of thioether (sulfide) groups is 1. The molecule has 1 atom stereocenters. The van der Waals surface area contributed by atoms with Crippen LogP contribution in [-0.4, -0.2) is 52.2 Å². The number of halogens is 4. The van der Waals surface area contributed by atoms with Crippen LogP contribution in [0.25, 0.3) is 11.3 Å². The molecular weight excluding hydrogens is 497 g/mol. The number of alkyl halides is 3. The van der Waals surface area contributed by atoms with Crippen molar-refractivity contribution in [3.63, 3.8) is 0 Å². The van der Waals surface area contributed by atoms with Gasteiger partial charge in [-0.15, -0.1) is 0 Å². The minimum Gasteiger partial charge on any atom is -0.368 e. The Morgan fingerprint density at radius 1 is 1.03 bits per heavy atom. The van der Waals surface area contributed by atoms with Gasteiger partial charge in [-0.2, -0.15) is 13.2 Å². The van der Waals surface area contributed by atoms with Crippen molar-refractivity contribution in [3.05, 3.63) is 70.9 Å². The lowest BCUT2D eigenvalue weighted by Crippen LogP contribution is -2.50. The molecule has 0 bridgehead atoms. The van der Waals surface area contributed by atoms with E-state index in [9.17, 15) is 18.0 Å². The van der Waals surface area contributed by atoms with E-state index in [1.54, 1.807) is 42.2 Å². The van der Waals surface area contributed by atoms with Gasteiger partial charge in [0.15, 0.2) is 5.16 Å². The zero-order valence-electron chi connectivity index (χ0n) is 19.2. The molecule has 4 rings (SSSR count). The number of aryl methyl sites for hydroxylation is 1. The molecule has 1 saturated heterocycles. The first-order valence-corrected chi connectivity index (χ1v) is 12.4. The van der Waals surface area contributed by atoms with E-state index >= 15 is 0 Å². The fourth-order valence-electron chi connectivity index (χ4n) is 3.94. The summed E-state index contributed by atoms with van der Waals surface area (Å²) < 4.78 is 40.5. The minimum absolute atomic E-state index is 0.0762. The summed E-state index contributed by atoms with van der Waals surface area (Å²) in [5.41, 5.74) is 1.83. The molecule has 1 aliphatic rings. The first kappa shape index (κ1) is 25.3. The van der Waals surface area contributed by atoms with E-state index in [1.165, 1.54) is 0 Å². The van der Waals surface area contributed by atoms with Crippen LogP contribution in [0, 0.1) is 6.92 Å². The summed E-state index contributed by atoms with van der Waals surface area (Å²) in [7, 11) is 0. The van der Waals surface area contributed by atoms with Gasteiger partial charge < -0.3 is 9.80 Å². The number of hydrogen-bond donors (Lipinski definition) is 0. The van der Waals surface area contributed by atoms with Gasteiger partial charge in [0.05, 0.1) is 10.9 Å². The van der Waals surface area contributed by atoms with Crippen molar-refractivity contribution in [2.24, 2.45) is 0 Å². The van der Waals surface area contributed by atoms with Gasteiger partial charge >= 0.3 is 6.18 Å². The van der Waals surface area contributed by atoms with E-state index < -0.39 is 17.1 Å². The number of nitrogens with zero attached hydrogens (tertiary/aromatic N) is 4. The maximum Gasteiger partial charge on any atom is 0.433 e. The van der Waals surface area contributed by atoms with Gasteiger partial charge in [-0.25, -0.2) is 9.97 Å². The Balaban J connectivity index is 1.46. The largest absolute Gasteiger partial charge is 0.433 e. The lowest BCUT2D eigenvalue weighted by atomic mass is 10.1. The Labute approximate surface area is 211 Å². The molecule has 3 aromatic rings. The second-order valence-corrected chi connectivity index (χ2v) is 10.0. The first-order valence-electron chi connectivity index (χ1n) is 11.1. The average molecular weight is 521 g/mol. The van der Waals surface area contributed by atoms with Crippen molar-refractivity contribution >= 4 is 35.0 Å². The van der Waals surface area contributed by atoms with Crippen molar-refractivity contribution in [3.8, 4) is 11.3 Å². The second-order valence-electron chi connectivity index (χ2n) is 8.29. The fraction of sp³-hybridized carbons (Fsp3) is 0.320. The Hall–Kier alpha value is -2.78. The van der Waals surface area contributed by atoms with Crippen LogP contribution < -0.4 is 4.90 Å². The van der Waals surface area contributed by atoms with Crippen molar-refractivity contribution < 1.29 is 18.0 Å². The number of benzene rings is 2. The molecule has 1 amide bonds. The summed E-state index contributed by atoms with van der Waals surface area (Å²) in [6.07, 6.45) is -4.62. The van der Waals surface area contributed by atoms with Crippen molar-refractivity contribution in [2.45, 2.75) is 30.4 Å². The highest BCUT2D eigenvalue weighted by Crippen LogP contribution is 2.33. The Kier molecular flexibility index (Phi) is 7.56. The Morgan fingerprint density at radius 3 is 2.37 bits per heavy atom. The molecule has 0 spiro atoms. The zero-order valence-corrected chi connectivity index (χ0v) is 20.8. The quantitative estimate of drug-likeness (QED) is 0.307. The fourth-order valence-corrected chi connectivity index (χ4v) is 4.97. The number of hydrogen-bond acceptors (Lipinski definition) is 5. The maximum atomic E-state index is 13.5. The number of amides is 1. The third-order valence-electron chi connectivity index (χ3n) is 5.80.